The first-order chi connectivity index (χ1) is 8.79. The first kappa shape index (κ1) is 14.5. The first-order valence-corrected chi connectivity index (χ1v) is 7.13. The van der Waals surface area contributed by atoms with Gasteiger partial charge in [-0.05, 0) is 33.5 Å². The number of nitrogens with zero attached hydrogens (tertiary/aromatic N) is 2. The van der Waals surface area contributed by atoms with E-state index in [0.717, 1.165) is 12.2 Å². The summed E-state index contributed by atoms with van der Waals surface area (Å²) < 4.78 is 16.6. The molecule has 19 heavy (non-hydrogen) atoms. The lowest BCUT2D eigenvalue weighted by Gasteiger charge is -2.19. The van der Waals surface area contributed by atoms with E-state index in [9.17, 15) is 4.39 Å². The van der Waals surface area contributed by atoms with Crippen molar-refractivity contribution in [2.24, 2.45) is 5.41 Å². The number of hydrogen-bond donors (Lipinski definition) is 0. The van der Waals surface area contributed by atoms with Gasteiger partial charge in [0.05, 0.1) is 16.9 Å². The van der Waals surface area contributed by atoms with Crippen LogP contribution in [0.1, 0.15) is 26.6 Å². The molecule has 0 aliphatic carbocycles. The van der Waals surface area contributed by atoms with Crippen molar-refractivity contribution >= 4 is 27.5 Å². The van der Waals surface area contributed by atoms with Crippen LogP contribution in [0.4, 0.5) is 4.39 Å². The summed E-state index contributed by atoms with van der Waals surface area (Å²) in [5, 5.41) is 0.111. The Balaban J connectivity index is 2.56. The number of halogens is 3. The summed E-state index contributed by atoms with van der Waals surface area (Å²) in [7, 11) is 0. The normalized spacial score (nSPS) is 11.9. The van der Waals surface area contributed by atoms with Gasteiger partial charge in [0.25, 0.3) is 0 Å². The molecule has 0 amide bonds. The van der Waals surface area contributed by atoms with Gasteiger partial charge in [-0.1, -0.05) is 38.4 Å². The van der Waals surface area contributed by atoms with Crippen molar-refractivity contribution in [3.63, 3.8) is 0 Å². The van der Waals surface area contributed by atoms with Crippen molar-refractivity contribution in [1.82, 2.24) is 9.55 Å². The van der Waals surface area contributed by atoms with E-state index in [1.54, 1.807) is 22.9 Å². The second-order valence-corrected chi connectivity index (χ2v) is 6.86. The Bertz CT molecular complexity index is 602. The van der Waals surface area contributed by atoms with E-state index >= 15 is 0 Å². The molecule has 5 heteroatoms. The fraction of sp³-hybridized carbons (Fsp3) is 0.357. The molecule has 0 aliphatic heterocycles. The average molecular weight is 346 g/mol. The van der Waals surface area contributed by atoms with Gasteiger partial charge in [0.15, 0.2) is 5.82 Å². The molecule has 2 rings (SSSR count). The Hall–Kier alpha value is -0.870. The monoisotopic (exact) mass is 344 g/mol. The third-order valence-corrected chi connectivity index (χ3v) is 3.50. The molecule has 0 N–H and O–H groups in total. The van der Waals surface area contributed by atoms with E-state index in [1.165, 1.54) is 6.07 Å². The Labute approximate surface area is 125 Å². The van der Waals surface area contributed by atoms with Crippen LogP contribution in [0.5, 0.6) is 0 Å². The van der Waals surface area contributed by atoms with Gasteiger partial charge in [-0.15, -0.1) is 0 Å². The molecule has 1 heterocycles. The summed E-state index contributed by atoms with van der Waals surface area (Å²) in [4.78, 5) is 4.35. The summed E-state index contributed by atoms with van der Waals surface area (Å²) in [6.45, 7) is 6.36. The Morgan fingerprint density at radius 2 is 2.05 bits per heavy atom. The summed E-state index contributed by atoms with van der Waals surface area (Å²) in [5.41, 5.74) is 0.480. The lowest BCUT2D eigenvalue weighted by atomic mass is 9.92. The Morgan fingerprint density at radius 1 is 1.37 bits per heavy atom. The molecular weight excluding hydrogens is 331 g/mol. The maximum atomic E-state index is 14.2. The first-order valence-electron chi connectivity index (χ1n) is 5.96. The van der Waals surface area contributed by atoms with Gasteiger partial charge in [0, 0.05) is 6.42 Å². The second kappa shape index (κ2) is 5.25. The van der Waals surface area contributed by atoms with Crippen LogP contribution in [0.15, 0.2) is 29.0 Å². The van der Waals surface area contributed by atoms with E-state index in [-0.39, 0.29) is 10.4 Å². The molecule has 0 radical (unpaired) electrons. The third-order valence-electron chi connectivity index (χ3n) is 2.65. The third kappa shape index (κ3) is 3.18. The van der Waals surface area contributed by atoms with Gasteiger partial charge in [-0.2, -0.15) is 0 Å². The fourth-order valence-electron chi connectivity index (χ4n) is 1.88. The molecule has 0 atom stereocenters. The second-order valence-electron chi connectivity index (χ2n) is 5.64. The van der Waals surface area contributed by atoms with Gasteiger partial charge in [-0.3, -0.25) is 4.57 Å². The van der Waals surface area contributed by atoms with Crippen LogP contribution in [0.25, 0.3) is 5.69 Å². The van der Waals surface area contributed by atoms with E-state index in [0.29, 0.717) is 10.3 Å². The molecule has 102 valence electrons. The van der Waals surface area contributed by atoms with Crippen LogP contribution in [0, 0.1) is 11.2 Å². The molecular formula is C14H15BrClFN2. The van der Waals surface area contributed by atoms with Crippen molar-refractivity contribution in [3.05, 3.63) is 45.7 Å². The number of hydrogen-bond acceptors (Lipinski definition) is 1. The predicted octanol–water partition coefficient (Wildman–Crippen LogP) is 5.02. The highest BCUT2D eigenvalue weighted by Gasteiger charge is 2.20. The van der Waals surface area contributed by atoms with E-state index in [4.69, 9.17) is 11.6 Å². The minimum Gasteiger partial charge on any atom is -0.288 e. The van der Waals surface area contributed by atoms with Crippen LogP contribution in [-0.2, 0) is 6.42 Å². The molecule has 0 saturated heterocycles. The largest absolute Gasteiger partial charge is 0.288 e. The summed E-state index contributed by atoms with van der Waals surface area (Å²) in [6.07, 6.45) is 2.42. The molecule has 0 fully saturated rings. The smallest absolute Gasteiger partial charge is 0.165 e. The lowest BCUT2D eigenvalue weighted by Crippen LogP contribution is -2.14. The van der Waals surface area contributed by atoms with E-state index in [1.807, 2.05) is 0 Å². The van der Waals surface area contributed by atoms with Crippen LogP contribution >= 0.6 is 27.5 Å². The van der Waals surface area contributed by atoms with Crippen LogP contribution < -0.4 is 0 Å². The highest BCUT2D eigenvalue weighted by atomic mass is 79.9. The van der Waals surface area contributed by atoms with Crippen molar-refractivity contribution in [2.45, 2.75) is 27.2 Å². The Morgan fingerprint density at radius 3 is 2.68 bits per heavy atom. The topological polar surface area (TPSA) is 17.8 Å². The van der Waals surface area contributed by atoms with Crippen LogP contribution in [-0.4, -0.2) is 9.55 Å². The molecule has 0 bridgehead atoms. The number of benzene rings is 1. The van der Waals surface area contributed by atoms with Crippen molar-refractivity contribution in [2.75, 3.05) is 0 Å². The van der Waals surface area contributed by atoms with Crippen LogP contribution in [0.3, 0.4) is 0 Å². The molecule has 1 aromatic carbocycles. The van der Waals surface area contributed by atoms with Crippen molar-refractivity contribution < 1.29 is 4.39 Å². The molecule has 0 spiro atoms. The molecule has 0 aliphatic rings. The highest BCUT2D eigenvalue weighted by Crippen LogP contribution is 2.29. The quantitative estimate of drug-likeness (QED) is 0.747. The average Bonchev–Trinajstić information content (AvgIpc) is 2.62. The Kier molecular flexibility index (Phi) is 4.02. The van der Waals surface area contributed by atoms with E-state index in [2.05, 4.69) is 41.7 Å². The highest BCUT2D eigenvalue weighted by molar-refractivity contribution is 9.10. The summed E-state index contributed by atoms with van der Waals surface area (Å²) in [5.74, 6) is 0.374. The predicted molar refractivity (Wildman–Crippen MR) is 79.4 cm³/mol. The lowest BCUT2D eigenvalue weighted by molar-refractivity contribution is 0.397. The standard InChI is InChI=1S/C14H15BrClFN2/c1-14(2,3)7-12-18-8-11(15)19(12)10-6-4-5-9(16)13(10)17/h4-6,8H,7H2,1-3H3. The van der Waals surface area contributed by atoms with Gasteiger partial charge >= 0.3 is 0 Å². The van der Waals surface area contributed by atoms with Crippen LogP contribution in [0.2, 0.25) is 5.02 Å². The molecule has 1 aromatic heterocycles. The minimum absolute atomic E-state index is 0.0671. The van der Waals surface area contributed by atoms with E-state index < -0.39 is 5.82 Å². The SMILES string of the molecule is CC(C)(C)Cc1ncc(Br)n1-c1cccc(Cl)c1F. The zero-order valence-electron chi connectivity index (χ0n) is 11.0. The molecule has 2 nitrogen and oxygen atoms in total. The van der Waals surface area contributed by atoms with Crippen molar-refractivity contribution in [1.29, 1.82) is 0 Å². The molecule has 0 saturated carbocycles. The van der Waals surface area contributed by atoms with Gasteiger partial charge in [-0.25, -0.2) is 9.37 Å². The van der Waals surface area contributed by atoms with Gasteiger partial charge in [0.2, 0.25) is 0 Å². The molecule has 0 unspecified atom stereocenters. The summed E-state index contributed by atoms with van der Waals surface area (Å²) in [6, 6.07) is 4.96. The maximum Gasteiger partial charge on any atom is 0.165 e. The maximum absolute atomic E-state index is 14.2. The summed E-state index contributed by atoms with van der Waals surface area (Å²) >= 11 is 9.26. The fourth-order valence-corrected chi connectivity index (χ4v) is 2.55. The number of imidazole rings is 1. The number of rotatable bonds is 2. The zero-order chi connectivity index (χ0) is 14.2. The van der Waals surface area contributed by atoms with Gasteiger partial charge in [0.1, 0.15) is 10.4 Å². The minimum atomic E-state index is -0.432. The van der Waals surface area contributed by atoms with Crippen molar-refractivity contribution in [3.8, 4) is 5.69 Å². The molecule has 2 aromatic rings. The number of aromatic nitrogens is 2. The van der Waals surface area contributed by atoms with Gasteiger partial charge < -0.3 is 0 Å². The zero-order valence-corrected chi connectivity index (χ0v) is 13.4.